The molecule has 5 nitrogen and oxygen atoms in total. The van der Waals surface area contributed by atoms with Crippen LogP contribution in [0.15, 0.2) is 23.7 Å². The van der Waals surface area contributed by atoms with Crippen molar-refractivity contribution in [2.75, 3.05) is 6.54 Å². The Morgan fingerprint density at radius 3 is 2.35 bits per heavy atom. The Kier molecular flexibility index (Phi) is 4.92. The minimum Gasteiger partial charge on any atom is -0.478 e. The number of carbonyl (C=O) groups is 1. The monoisotopic (exact) mass is 337 g/mol. The minimum atomic E-state index is -1.03. The molecule has 1 aromatic rings. The summed E-state index contributed by atoms with van der Waals surface area (Å²) in [4.78, 5) is 11.4. The molecule has 3 N–H and O–H groups in total. The number of halogens is 1. The fourth-order valence-electron chi connectivity index (χ4n) is 2.27. The van der Waals surface area contributed by atoms with Gasteiger partial charge in [-0.1, -0.05) is 17.7 Å². The predicted molar refractivity (Wildman–Crippen MR) is 91.5 cm³/mol. The second-order valence-corrected chi connectivity index (χ2v) is 6.98. The van der Waals surface area contributed by atoms with Crippen LogP contribution in [0.3, 0.4) is 0 Å². The van der Waals surface area contributed by atoms with Crippen LogP contribution in [0.1, 0.15) is 43.6 Å². The Labute approximate surface area is 141 Å². The highest BCUT2D eigenvalue weighted by atomic mass is 35.5. The molecule has 1 fully saturated rings. The summed E-state index contributed by atoms with van der Waals surface area (Å²) in [5.74, 6) is -1.03. The van der Waals surface area contributed by atoms with Crippen LogP contribution in [0.2, 0.25) is 5.02 Å². The third kappa shape index (κ3) is 3.61. The zero-order chi connectivity index (χ0) is 17.4. The highest BCUT2D eigenvalue weighted by Gasteiger charge is 2.52. The average molecular weight is 338 g/mol. The fourth-order valence-corrected chi connectivity index (χ4v) is 2.45. The summed E-state index contributed by atoms with van der Waals surface area (Å²) in [6.45, 7) is 7.97. The number of hydrogen-bond acceptors (Lipinski definition) is 4. The van der Waals surface area contributed by atoms with Crippen molar-refractivity contribution in [2.45, 2.75) is 38.9 Å². The Balaban J connectivity index is 2.41. The molecule has 1 aromatic carbocycles. The van der Waals surface area contributed by atoms with E-state index in [1.165, 1.54) is 6.07 Å². The normalized spacial score (nSPS) is 19.9. The summed E-state index contributed by atoms with van der Waals surface area (Å²) < 4.78 is 11.9. The molecule has 0 bridgehead atoms. The smallest absolute Gasteiger partial charge is 0.478 e. The molecule has 0 atom stereocenters. The van der Waals surface area contributed by atoms with Crippen LogP contribution in [0, 0.1) is 0 Å². The summed E-state index contributed by atoms with van der Waals surface area (Å²) in [5, 5.41) is 9.76. The Morgan fingerprint density at radius 1 is 1.30 bits per heavy atom. The molecule has 1 heterocycles. The van der Waals surface area contributed by atoms with Gasteiger partial charge in [-0.15, -0.1) is 0 Å². The van der Waals surface area contributed by atoms with Crippen molar-refractivity contribution in [1.82, 2.24) is 0 Å². The van der Waals surface area contributed by atoms with E-state index in [0.29, 0.717) is 16.1 Å². The van der Waals surface area contributed by atoms with E-state index in [9.17, 15) is 9.90 Å². The molecule has 1 aliphatic rings. The van der Waals surface area contributed by atoms with Gasteiger partial charge in [0.25, 0.3) is 0 Å². The van der Waals surface area contributed by atoms with Crippen molar-refractivity contribution in [3.8, 4) is 0 Å². The first-order valence-corrected chi connectivity index (χ1v) is 7.74. The molecule has 0 aromatic heterocycles. The molecule has 1 saturated heterocycles. The molecule has 0 saturated carbocycles. The quantitative estimate of drug-likeness (QED) is 0.825. The van der Waals surface area contributed by atoms with Gasteiger partial charge in [0.1, 0.15) is 0 Å². The number of hydrogen-bond donors (Lipinski definition) is 2. The number of nitrogens with two attached hydrogens (primary N) is 1. The van der Waals surface area contributed by atoms with Crippen LogP contribution in [0.5, 0.6) is 0 Å². The van der Waals surface area contributed by atoms with Gasteiger partial charge in [0.05, 0.1) is 16.8 Å². The van der Waals surface area contributed by atoms with Crippen LogP contribution in [0.4, 0.5) is 0 Å². The van der Waals surface area contributed by atoms with Crippen molar-refractivity contribution in [3.05, 3.63) is 39.8 Å². The van der Waals surface area contributed by atoms with E-state index >= 15 is 0 Å². The molecule has 0 unspecified atom stereocenters. The van der Waals surface area contributed by atoms with Gasteiger partial charge in [-0.05, 0) is 56.9 Å². The summed E-state index contributed by atoms with van der Waals surface area (Å²) in [6.07, 6.45) is 1.68. The highest BCUT2D eigenvalue weighted by molar-refractivity contribution is 6.56. The molecule has 1 aliphatic heterocycles. The summed E-state index contributed by atoms with van der Waals surface area (Å²) in [5.41, 5.74) is 6.14. The van der Waals surface area contributed by atoms with Crippen LogP contribution in [-0.4, -0.2) is 35.9 Å². The maximum Gasteiger partial charge on any atom is 0.491 e. The molecule has 7 heteroatoms. The van der Waals surface area contributed by atoms with Crippen molar-refractivity contribution in [2.24, 2.45) is 5.73 Å². The second-order valence-electron chi connectivity index (χ2n) is 6.55. The number of carboxylic acid groups (broad SMARTS) is 1. The highest BCUT2D eigenvalue weighted by Crippen LogP contribution is 2.38. The molecule has 2 rings (SSSR count). The van der Waals surface area contributed by atoms with Crippen LogP contribution in [0.25, 0.3) is 6.08 Å². The van der Waals surface area contributed by atoms with E-state index < -0.39 is 24.3 Å². The lowest BCUT2D eigenvalue weighted by Gasteiger charge is -2.32. The average Bonchev–Trinajstić information content (AvgIpc) is 2.64. The van der Waals surface area contributed by atoms with Gasteiger partial charge in [0.15, 0.2) is 0 Å². The minimum absolute atomic E-state index is 0.150. The SMILES string of the molecule is CC1(C)OB(C(=Cc2cc(Cl)ccc2C(=O)O)CN)OC1(C)C. The van der Waals surface area contributed by atoms with E-state index in [4.69, 9.17) is 26.6 Å². The number of rotatable bonds is 4. The third-order valence-corrected chi connectivity index (χ3v) is 4.61. The van der Waals surface area contributed by atoms with Crippen LogP contribution < -0.4 is 5.73 Å². The molecule has 0 amide bonds. The van der Waals surface area contributed by atoms with E-state index in [0.717, 1.165) is 0 Å². The molecule has 0 aliphatic carbocycles. The largest absolute Gasteiger partial charge is 0.491 e. The van der Waals surface area contributed by atoms with Gasteiger partial charge in [0, 0.05) is 11.6 Å². The predicted octanol–water partition coefficient (Wildman–Crippen LogP) is 3.01. The van der Waals surface area contributed by atoms with Gasteiger partial charge < -0.3 is 20.1 Å². The Hall–Kier alpha value is -1.34. The van der Waals surface area contributed by atoms with E-state index in [2.05, 4.69) is 0 Å². The van der Waals surface area contributed by atoms with Gasteiger partial charge >= 0.3 is 13.1 Å². The summed E-state index contributed by atoms with van der Waals surface area (Å²) in [6, 6.07) is 4.60. The molecule has 124 valence electrons. The molecule has 0 spiro atoms. The standard InChI is InChI=1S/C16H21BClNO4/c1-15(2)16(3,4)23-17(22-15)11(9-19)7-10-8-12(18)5-6-13(10)14(20)21/h5-8H,9,19H2,1-4H3,(H,20,21). The molecule has 23 heavy (non-hydrogen) atoms. The van der Waals surface area contributed by atoms with Crippen LogP contribution >= 0.6 is 11.6 Å². The summed E-state index contributed by atoms with van der Waals surface area (Å²) in [7, 11) is -0.620. The lowest BCUT2D eigenvalue weighted by Crippen LogP contribution is -2.41. The van der Waals surface area contributed by atoms with Crippen molar-refractivity contribution in [3.63, 3.8) is 0 Å². The zero-order valence-electron chi connectivity index (χ0n) is 13.7. The maximum absolute atomic E-state index is 11.4. The van der Waals surface area contributed by atoms with Crippen molar-refractivity contribution >= 4 is 30.8 Å². The number of aromatic carboxylic acids is 1. The van der Waals surface area contributed by atoms with E-state index in [1.54, 1.807) is 18.2 Å². The van der Waals surface area contributed by atoms with Crippen molar-refractivity contribution in [1.29, 1.82) is 0 Å². The molecule has 0 radical (unpaired) electrons. The van der Waals surface area contributed by atoms with E-state index in [-0.39, 0.29) is 12.1 Å². The Bertz CT molecular complexity index is 641. The lowest BCUT2D eigenvalue weighted by atomic mass is 9.77. The first-order valence-electron chi connectivity index (χ1n) is 7.36. The van der Waals surface area contributed by atoms with Gasteiger partial charge in [-0.25, -0.2) is 4.79 Å². The van der Waals surface area contributed by atoms with Crippen LogP contribution in [-0.2, 0) is 9.31 Å². The third-order valence-electron chi connectivity index (χ3n) is 4.38. The first kappa shape index (κ1) is 18.0. The molecular formula is C16H21BClNO4. The zero-order valence-corrected chi connectivity index (χ0v) is 14.5. The maximum atomic E-state index is 11.4. The van der Waals surface area contributed by atoms with Crippen molar-refractivity contribution < 1.29 is 19.2 Å². The lowest BCUT2D eigenvalue weighted by molar-refractivity contribution is 0.00578. The topological polar surface area (TPSA) is 81.8 Å². The number of carboxylic acids is 1. The fraction of sp³-hybridized carbons (Fsp3) is 0.438. The number of benzene rings is 1. The van der Waals surface area contributed by atoms with Gasteiger partial charge in [-0.3, -0.25) is 0 Å². The Morgan fingerprint density at radius 2 is 1.87 bits per heavy atom. The first-order chi connectivity index (χ1) is 10.6. The molecular weight excluding hydrogens is 316 g/mol. The van der Waals surface area contributed by atoms with Gasteiger partial charge in [-0.2, -0.15) is 0 Å². The summed E-state index contributed by atoms with van der Waals surface area (Å²) >= 11 is 5.98. The van der Waals surface area contributed by atoms with E-state index in [1.807, 2.05) is 27.7 Å². The van der Waals surface area contributed by atoms with Gasteiger partial charge in [0.2, 0.25) is 0 Å². The second kappa shape index (κ2) is 6.28.